The minimum atomic E-state index is -0.948. The fourth-order valence-electron chi connectivity index (χ4n) is 2.49. The molecule has 144 valence electrons. The number of benzene rings is 2. The summed E-state index contributed by atoms with van der Waals surface area (Å²) in [7, 11) is 0. The molecule has 1 amide bonds. The number of furan rings is 1. The van der Waals surface area contributed by atoms with E-state index in [1.807, 2.05) is 30.3 Å². The lowest BCUT2D eigenvalue weighted by Crippen LogP contribution is -2.30. The van der Waals surface area contributed by atoms with Gasteiger partial charge in [0.15, 0.2) is 6.10 Å². The molecular weight excluding hydrogens is 358 g/mol. The Hall–Kier alpha value is -3.54. The second kappa shape index (κ2) is 8.90. The van der Waals surface area contributed by atoms with Gasteiger partial charge in [0.25, 0.3) is 5.91 Å². The molecule has 6 heteroatoms. The molecule has 3 rings (SSSR count). The topological polar surface area (TPSA) is 77.8 Å². The van der Waals surface area contributed by atoms with Crippen molar-refractivity contribution >= 4 is 17.6 Å². The second-order valence-corrected chi connectivity index (χ2v) is 6.23. The summed E-state index contributed by atoms with van der Waals surface area (Å²) in [5.74, 6) is 0.117. The van der Waals surface area contributed by atoms with Gasteiger partial charge in [-0.2, -0.15) is 0 Å². The van der Waals surface area contributed by atoms with Gasteiger partial charge < -0.3 is 19.2 Å². The van der Waals surface area contributed by atoms with Gasteiger partial charge in [-0.15, -0.1) is 0 Å². The molecule has 0 radical (unpaired) electrons. The Labute approximate surface area is 163 Å². The first-order valence-electron chi connectivity index (χ1n) is 8.85. The van der Waals surface area contributed by atoms with Crippen LogP contribution in [-0.2, 0) is 16.1 Å². The Bertz CT molecular complexity index is 931. The van der Waals surface area contributed by atoms with Gasteiger partial charge in [0.05, 0.1) is 6.26 Å². The maximum absolute atomic E-state index is 12.3. The van der Waals surface area contributed by atoms with E-state index in [0.717, 1.165) is 5.56 Å². The highest BCUT2D eigenvalue weighted by Crippen LogP contribution is 2.18. The Morgan fingerprint density at radius 1 is 1.04 bits per heavy atom. The van der Waals surface area contributed by atoms with Crippen molar-refractivity contribution in [2.24, 2.45) is 0 Å². The van der Waals surface area contributed by atoms with Crippen molar-refractivity contribution in [3.05, 3.63) is 83.8 Å². The molecule has 0 unspecified atom stereocenters. The van der Waals surface area contributed by atoms with Crippen molar-refractivity contribution in [1.29, 1.82) is 0 Å². The zero-order valence-electron chi connectivity index (χ0n) is 15.7. The van der Waals surface area contributed by atoms with Gasteiger partial charge in [-0.05, 0) is 49.7 Å². The summed E-state index contributed by atoms with van der Waals surface area (Å²) in [6.45, 7) is 3.63. The van der Waals surface area contributed by atoms with Crippen molar-refractivity contribution < 1.29 is 23.5 Å². The number of hydrogen-bond donors (Lipinski definition) is 1. The van der Waals surface area contributed by atoms with Gasteiger partial charge in [0.1, 0.15) is 23.7 Å². The molecule has 0 fully saturated rings. The number of anilines is 1. The molecule has 0 spiro atoms. The number of carbonyl (C=O) groups is 2. The number of nitrogens with one attached hydrogen (secondary N) is 1. The van der Waals surface area contributed by atoms with E-state index in [1.165, 1.54) is 19.3 Å². The maximum Gasteiger partial charge on any atom is 0.342 e. The van der Waals surface area contributed by atoms with Crippen LogP contribution in [0.25, 0.3) is 0 Å². The van der Waals surface area contributed by atoms with Crippen molar-refractivity contribution in [3.63, 3.8) is 0 Å². The van der Waals surface area contributed by atoms with Crippen LogP contribution in [0.1, 0.15) is 28.6 Å². The number of rotatable bonds is 7. The Morgan fingerprint density at radius 2 is 1.75 bits per heavy atom. The van der Waals surface area contributed by atoms with Crippen LogP contribution in [-0.4, -0.2) is 18.0 Å². The average molecular weight is 379 g/mol. The molecule has 1 heterocycles. The smallest absolute Gasteiger partial charge is 0.342 e. The number of hydrogen-bond acceptors (Lipinski definition) is 5. The lowest BCUT2D eigenvalue weighted by atomic mass is 10.2. The van der Waals surface area contributed by atoms with E-state index >= 15 is 0 Å². The summed E-state index contributed by atoms with van der Waals surface area (Å²) in [4.78, 5) is 24.3. The van der Waals surface area contributed by atoms with Gasteiger partial charge in [-0.3, -0.25) is 4.79 Å². The average Bonchev–Trinajstić information content (AvgIpc) is 3.14. The number of esters is 1. The van der Waals surface area contributed by atoms with Crippen LogP contribution < -0.4 is 10.1 Å². The molecule has 1 aromatic heterocycles. The number of aryl methyl sites for hydroxylation is 1. The van der Waals surface area contributed by atoms with Crippen LogP contribution in [0.5, 0.6) is 5.75 Å². The predicted molar refractivity (Wildman–Crippen MR) is 104 cm³/mol. The molecule has 1 atom stereocenters. The summed E-state index contributed by atoms with van der Waals surface area (Å²) < 4.78 is 16.0. The van der Waals surface area contributed by atoms with Crippen LogP contribution in [0.15, 0.2) is 71.3 Å². The van der Waals surface area contributed by atoms with E-state index in [9.17, 15) is 9.59 Å². The van der Waals surface area contributed by atoms with Crippen LogP contribution in [0, 0.1) is 6.92 Å². The van der Waals surface area contributed by atoms with Crippen molar-refractivity contribution in [3.8, 4) is 5.75 Å². The van der Waals surface area contributed by atoms with E-state index in [0.29, 0.717) is 29.4 Å². The third-order valence-electron chi connectivity index (χ3n) is 4.10. The molecule has 2 aromatic carbocycles. The highest BCUT2D eigenvalue weighted by molar-refractivity contribution is 5.97. The zero-order valence-corrected chi connectivity index (χ0v) is 15.7. The first-order chi connectivity index (χ1) is 13.5. The minimum absolute atomic E-state index is 0.305. The maximum atomic E-state index is 12.3. The molecule has 3 aromatic rings. The second-order valence-electron chi connectivity index (χ2n) is 6.23. The fraction of sp³-hybridized carbons (Fsp3) is 0.182. The van der Waals surface area contributed by atoms with E-state index in [1.54, 1.807) is 31.2 Å². The summed E-state index contributed by atoms with van der Waals surface area (Å²) in [5.41, 5.74) is 1.96. The summed E-state index contributed by atoms with van der Waals surface area (Å²) in [6.07, 6.45) is 0.453. The first-order valence-corrected chi connectivity index (χ1v) is 8.85. The van der Waals surface area contributed by atoms with Gasteiger partial charge >= 0.3 is 5.97 Å². The van der Waals surface area contributed by atoms with Crippen molar-refractivity contribution in [1.82, 2.24) is 0 Å². The Morgan fingerprint density at radius 3 is 2.39 bits per heavy atom. The first kappa shape index (κ1) is 19.2. The van der Waals surface area contributed by atoms with Crippen LogP contribution >= 0.6 is 0 Å². The fourth-order valence-corrected chi connectivity index (χ4v) is 2.49. The molecule has 1 N–H and O–H groups in total. The summed E-state index contributed by atoms with van der Waals surface area (Å²) in [5, 5.41) is 2.71. The van der Waals surface area contributed by atoms with Crippen LogP contribution in [0.2, 0.25) is 0 Å². The van der Waals surface area contributed by atoms with Gasteiger partial charge in [-0.25, -0.2) is 4.79 Å². The molecule has 6 nitrogen and oxygen atoms in total. The monoisotopic (exact) mass is 379 g/mol. The molecule has 0 bridgehead atoms. The number of carbonyl (C=O) groups excluding carboxylic acids is 2. The molecular formula is C22H21NO5. The third kappa shape index (κ3) is 5.01. The quantitative estimate of drug-likeness (QED) is 0.618. The molecule has 28 heavy (non-hydrogen) atoms. The molecule has 0 aliphatic carbocycles. The van der Waals surface area contributed by atoms with Crippen LogP contribution in [0.4, 0.5) is 5.69 Å². The molecule has 0 saturated carbocycles. The lowest BCUT2D eigenvalue weighted by Gasteiger charge is -2.13. The largest absolute Gasteiger partial charge is 0.489 e. The van der Waals surface area contributed by atoms with E-state index in [-0.39, 0.29) is 0 Å². The summed E-state index contributed by atoms with van der Waals surface area (Å²) >= 11 is 0. The minimum Gasteiger partial charge on any atom is -0.489 e. The Kier molecular flexibility index (Phi) is 6.11. The molecule has 0 saturated heterocycles. The van der Waals surface area contributed by atoms with Gasteiger partial charge in [-0.1, -0.05) is 30.3 Å². The SMILES string of the molecule is Cc1occc1C(=O)O[C@H](C)C(=O)Nc1ccc(OCc2ccccc2)cc1. The van der Waals surface area contributed by atoms with E-state index in [2.05, 4.69) is 5.32 Å². The van der Waals surface area contributed by atoms with Crippen LogP contribution in [0.3, 0.4) is 0 Å². The highest BCUT2D eigenvalue weighted by atomic mass is 16.5. The Balaban J connectivity index is 1.51. The third-order valence-corrected chi connectivity index (χ3v) is 4.10. The molecule has 0 aliphatic heterocycles. The van der Waals surface area contributed by atoms with E-state index in [4.69, 9.17) is 13.9 Å². The van der Waals surface area contributed by atoms with Crippen molar-refractivity contribution in [2.45, 2.75) is 26.6 Å². The number of ether oxygens (including phenoxy) is 2. The predicted octanol–water partition coefficient (Wildman–Crippen LogP) is 4.35. The normalized spacial score (nSPS) is 11.5. The van der Waals surface area contributed by atoms with E-state index < -0.39 is 18.0 Å². The standard InChI is InChI=1S/C22H21NO5/c1-15-20(12-13-26-15)22(25)28-16(2)21(24)23-18-8-10-19(11-9-18)27-14-17-6-4-3-5-7-17/h3-13,16H,14H2,1-2H3,(H,23,24)/t16-/m1/s1. The zero-order chi connectivity index (χ0) is 19.9. The number of amides is 1. The highest BCUT2D eigenvalue weighted by Gasteiger charge is 2.21. The van der Waals surface area contributed by atoms with Crippen molar-refractivity contribution in [2.75, 3.05) is 5.32 Å². The van der Waals surface area contributed by atoms with Gasteiger partial charge in [0.2, 0.25) is 0 Å². The molecule has 0 aliphatic rings. The lowest BCUT2D eigenvalue weighted by molar-refractivity contribution is -0.123. The van der Waals surface area contributed by atoms with Gasteiger partial charge in [0, 0.05) is 5.69 Å². The summed E-state index contributed by atoms with van der Waals surface area (Å²) in [6, 6.07) is 18.4.